The van der Waals surface area contributed by atoms with Gasteiger partial charge in [-0.05, 0) is 64.2 Å². The molecule has 8 heteroatoms. The second kappa shape index (κ2) is 9.34. The summed E-state index contributed by atoms with van der Waals surface area (Å²) in [6.45, 7) is 5.16. The van der Waals surface area contributed by atoms with E-state index in [4.69, 9.17) is 9.88 Å². The van der Waals surface area contributed by atoms with Crippen molar-refractivity contribution in [3.8, 4) is 5.75 Å². The number of nitrogens with one attached hydrogen (secondary N) is 1. The van der Waals surface area contributed by atoms with E-state index in [-0.39, 0.29) is 17.3 Å². The highest BCUT2D eigenvalue weighted by atomic mass is 79.9. The first-order valence-corrected chi connectivity index (χ1v) is 10.8. The van der Waals surface area contributed by atoms with Crippen molar-refractivity contribution in [1.29, 1.82) is 0 Å². The fraction of sp³-hybridized carbons (Fsp3) is 0.316. The van der Waals surface area contributed by atoms with Gasteiger partial charge in [-0.2, -0.15) is 0 Å². The highest BCUT2D eigenvalue weighted by Gasteiger charge is 2.11. The van der Waals surface area contributed by atoms with Crippen LogP contribution in [0.25, 0.3) is 0 Å². The van der Waals surface area contributed by atoms with Crippen LogP contribution in [0.4, 0.5) is 0 Å². The first-order chi connectivity index (χ1) is 12.7. The molecule has 0 atom stereocenters. The molecule has 0 bridgehead atoms. The predicted molar refractivity (Wildman–Crippen MR) is 108 cm³/mol. The third-order valence-electron chi connectivity index (χ3n) is 3.85. The smallest absolute Gasteiger partial charge is 0.251 e. The van der Waals surface area contributed by atoms with Crippen LogP contribution < -0.4 is 15.2 Å². The second-order valence-corrected chi connectivity index (χ2v) is 8.96. The number of hydrogen-bond donors (Lipinski definition) is 2. The summed E-state index contributed by atoms with van der Waals surface area (Å²) in [7, 11) is -3.72. The second-order valence-electron chi connectivity index (χ2n) is 6.55. The molecule has 0 aliphatic carbocycles. The molecule has 3 N–H and O–H groups in total. The van der Waals surface area contributed by atoms with Crippen LogP contribution in [0.2, 0.25) is 0 Å². The Labute approximate surface area is 168 Å². The van der Waals surface area contributed by atoms with Gasteiger partial charge in [0.15, 0.2) is 0 Å². The molecule has 0 fully saturated rings. The van der Waals surface area contributed by atoms with Crippen molar-refractivity contribution in [1.82, 2.24) is 5.32 Å². The molecule has 2 aromatic carbocycles. The largest absolute Gasteiger partial charge is 0.492 e. The molecule has 6 nitrogen and oxygen atoms in total. The molecule has 0 aliphatic heterocycles. The summed E-state index contributed by atoms with van der Waals surface area (Å²) in [5.74, 6) is 1.03. The lowest BCUT2D eigenvalue weighted by Crippen LogP contribution is -2.22. The van der Waals surface area contributed by atoms with Gasteiger partial charge in [-0.15, -0.1) is 0 Å². The van der Waals surface area contributed by atoms with Gasteiger partial charge in [0.2, 0.25) is 10.0 Å². The summed E-state index contributed by atoms with van der Waals surface area (Å²) < 4.78 is 28.9. The molecular weight excluding hydrogens is 432 g/mol. The van der Waals surface area contributed by atoms with Crippen LogP contribution >= 0.6 is 15.9 Å². The van der Waals surface area contributed by atoms with Crippen molar-refractivity contribution in [3.05, 3.63) is 58.1 Å². The summed E-state index contributed by atoms with van der Waals surface area (Å²) in [5, 5.41) is 7.86. The van der Waals surface area contributed by atoms with Crippen molar-refractivity contribution in [2.75, 3.05) is 6.61 Å². The number of primary sulfonamides is 1. The standard InChI is InChI=1S/C19H23BrN2O4S/c1-13(2)9-10-26-18-8-5-15(11-17(18)20)19(23)22-12-14-3-6-16(7-4-14)27(21,24)25/h3-8,11,13H,9-10,12H2,1-2H3,(H,22,23)(H2,21,24,25). The van der Waals surface area contributed by atoms with Crippen LogP contribution in [0.15, 0.2) is 51.8 Å². The summed E-state index contributed by atoms with van der Waals surface area (Å²) in [6.07, 6.45) is 0.957. The van der Waals surface area contributed by atoms with Gasteiger partial charge >= 0.3 is 0 Å². The quantitative estimate of drug-likeness (QED) is 0.637. The van der Waals surface area contributed by atoms with E-state index in [2.05, 4.69) is 35.1 Å². The molecule has 27 heavy (non-hydrogen) atoms. The Kier molecular flexibility index (Phi) is 7.41. The normalized spacial score (nSPS) is 11.4. The molecule has 0 heterocycles. The van der Waals surface area contributed by atoms with Crippen LogP contribution in [0.5, 0.6) is 5.75 Å². The van der Waals surface area contributed by atoms with Gasteiger partial charge in [-0.25, -0.2) is 13.6 Å². The molecule has 0 saturated carbocycles. The summed E-state index contributed by atoms with van der Waals surface area (Å²) >= 11 is 3.43. The number of benzene rings is 2. The minimum Gasteiger partial charge on any atom is -0.492 e. The monoisotopic (exact) mass is 454 g/mol. The molecule has 0 saturated heterocycles. The molecule has 2 rings (SSSR count). The Morgan fingerprint density at radius 3 is 2.41 bits per heavy atom. The Morgan fingerprint density at radius 1 is 1.19 bits per heavy atom. The molecule has 0 spiro atoms. The fourth-order valence-corrected chi connectivity index (χ4v) is 3.25. The van der Waals surface area contributed by atoms with E-state index in [1.54, 1.807) is 30.3 Å². The number of nitrogens with two attached hydrogens (primary N) is 1. The third kappa shape index (κ3) is 6.64. The Hall–Kier alpha value is -1.90. The number of sulfonamides is 1. The molecule has 0 aromatic heterocycles. The number of hydrogen-bond acceptors (Lipinski definition) is 4. The van der Waals surface area contributed by atoms with E-state index in [9.17, 15) is 13.2 Å². The number of carbonyl (C=O) groups excluding carboxylic acids is 1. The maximum Gasteiger partial charge on any atom is 0.251 e. The number of halogens is 1. The van der Waals surface area contributed by atoms with Crippen molar-refractivity contribution in [2.45, 2.75) is 31.7 Å². The van der Waals surface area contributed by atoms with E-state index in [0.29, 0.717) is 23.8 Å². The molecule has 0 aliphatic rings. The number of carbonyl (C=O) groups is 1. The minimum absolute atomic E-state index is 0.0366. The Bertz CT molecular complexity index is 896. The van der Waals surface area contributed by atoms with E-state index in [0.717, 1.165) is 16.5 Å². The maximum absolute atomic E-state index is 12.3. The SMILES string of the molecule is CC(C)CCOc1ccc(C(=O)NCc2ccc(S(N)(=O)=O)cc2)cc1Br. The van der Waals surface area contributed by atoms with E-state index >= 15 is 0 Å². The lowest BCUT2D eigenvalue weighted by molar-refractivity contribution is 0.0950. The van der Waals surface area contributed by atoms with Crippen molar-refractivity contribution in [2.24, 2.45) is 11.1 Å². The van der Waals surface area contributed by atoms with Crippen LogP contribution in [-0.4, -0.2) is 20.9 Å². The molecule has 0 unspecified atom stereocenters. The third-order valence-corrected chi connectivity index (χ3v) is 5.40. The summed E-state index contributed by atoms with van der Waals surface area (Å²) in [4.78, 5) is 12.4. The maximum atomic E-state index is 12.3. The topological polar surface area (TPSA) is 98.5 Å². The first kappa shape index (κ1) is 21.4. The van der Waals surface area contributed by atoms with Crippen LogP contribution in [0.1, 0.15) is 36.2 Å². The molecule has 2 aromatic rings. The van der Waals surface area contributed by atoms with Crippen LogP contribution in [-0.2, 0) is 16.6 Å². The summed E-state index contributed by atoms with van der Waals surface area (Å²) in [6, 6.07) is 11.2. The van der Waals surface area contributed by atoms with E-state index in [1.807, 2.05) is 0 Å². The van der Waals surface area contributed by atoms with Crippen molar-refractivity contribution in [3.63, 3.8) is 0 Å². The zero-order valence-electron chi connectivity index (χ0n) is 15.2. The van der Waals surface area contributed by atoms with Crippen LogP contribution in [0, 0.1) is 5.92 Å². The highest BCUT2D eigenvalue weighted by molar-refractivity contribution is 9.10. The van der Waals surface area contributed by atoms with E-state index < -0.39 is 10.0 Å². The van der Waals surface area contributed by atoms with Crippen molar-refractivity contribution >= 4 is 31.9 Å². The number of ether oxygens (including phenoxy) is 1. The van der Waals surface area contributed by atoms with Gasteiger partial charge in [0.1, 0.15) is 5.75 Å². The average molecular weight is 455 g/mol. The lowest BCUT2D eigenvalue weighted by Gasteiger charge is -2.11. The molecule has 146 valence electrons. The van der Waals surface area contributed by atoms with Gasteiger partial charge in [-0.3, -0.25) is 4.79 Å². The summed E-state index contributed by atoms with van der Waals surface area (Å²) in [5.41, 5.74) is 1.27. The van der Waals surface area contributed by atoms with Gasteiger partial charge in [0, 0.05) is 12.1 Å². The van der Waals surface area contributed by atoms with Crippen LogP contribution in [0.3, 0.4) is 0 Å². The van der Waals surface area contributed by atoms with Gasteiger partial charge in [0.25, 0.3) is 5.91 Å². The first-order valence-electron chi connectivity index (χ1n) is 8.49. The van der Waals surface area contributed by atoms with Gasteiger partial charge in [-0.1, -0.05) is 26.0 Å². The Morgan fingerprint density at radius 2 is 1.85 bits per heavy atom. The number of amides is 1. The van der Waals surface area contributed by atoms with Crippen molar-refractivity contribution < 1.29 is 17.9 Å². The zero-order chi connectivity index (χ0) is 20.0. The van der Waals surface area contributed by atoms with Gasteiger partial charge in [0.05, 0.1) is 16.0 Å². The van der Waals surface area contributed by atoms with E-state index in [1.165, 1.54) is 12.1 Å². The average Bonchev–Trinajstić information content (AvgIpc) is 2.60. The minimum atomic E-state index is -3.72. The molecule has 0 radical (unpaired) electrons. The number of rotatable bonds is 8. The lowest BCUT2D eigenvalue weighted by atomic mass is 10.1. The fourth-order valence-electron chi connectivity index (χ4n) is 2.25. The van der Waals surface area contributed by atoms with Gasteiger partial charge < -0.3 is 10.1 Å². The zero-order valence-corrected chi connectivity index (χ0v) is 17.6. The Balaban J connectivity index is 1.94. The molecular formula is C19H23BrN2O4S. The molecule has 1 amide bonds. The highest BCUT2D eigenvalue weighted by Crippen LogP contribution is 2.26. The predicted octanol–water partition coefficient (Wildman–Crippen LogP) is 3.45.